The minimum atomic E-state index is -3.62. The number of hydrogen-bond donors (Lipinski definition) is 1. The van der Waals surface area contributed by atoms with Gasteiger partial charge < -0.3 is 15.0 Å². The van der Waals surface area contributed by atoms with Gasteiger partial charge in [0.05, 0.1) is 19.1 Å². The predicted octanol–water partition coefficient (Wildman–Crippen LogP) is 5.45. The Balaban J connectivity index is 1.89. The first kappa shape index (κ1) is 32.9. The van der Waals surface area contributed by atoms with Gasteiger partial charge in [-0.15, -0.1) is 0 Å². The molecule has 2 amide bonds. The van der Waals surface area contributed by atoms with Crippen LogP contribution in [0.3, 0.4) is 0 Å². The average molecular weight is 614 g/mol. The number of halogens is 1. The molecule has 3 rings (SSSR count). The monoisotopic (exact) mass is 613 g/mol. The van der Waals surface area contributed by atoms with Crippen molar-refractivity contribution in [2.24, 2.45) is 0 Å². The Hall–Kier alpha value is -3.56. The van der Waals surface area contributed by atoms with Gasteiger partial charge in [0, 0.05) is 43.1 Å². The number of benzene rings is 3. The molecule has 3 aromatic carbocycles. The van der Waals surface area contributed by atoms with Crippen LogP contribution >= 0.6 is 11.6 Å². The third kappa shape index (κ3) is 9.77. The molecule has 3 aromatic rings. The van der Waals surface area contributed by atoms with Crippen LogP contribution in [0.4, 0.5) is 5.69 Å². The van der Waals surface area contributed by atoms with E-state index < -0.39 is 16.1 Å². The number of rotatable bonds is 15. The molecule has 0 unspecified atom stereocenters. The quantitative estimate of drug-likeness (QED) is 0.246. The Morgan fingerprint density at radius 1 is 0.976 bits per heavy atom. The van der Waals surface area contributed by atoms with Crippen LogP contribution in [0.15, 0.2) is 78.9 Å². The lowest BCUT2D eigenvalue weighted by Gasteiger charge is -2.32. The molecule has 0 saturated heterocycles. The van der Waals surface area contributed by atoms with E-state index in [-0.39, 0.29) is 43.8 Å². The average Bonchev–Trinajstić information content (AvgIpc) is 2.97. The number of ether oxygens (including phenoxy) is 1. The highest BCUT2D eigenvalue weighted by atomic mass is 35.5. The molecule has 0 aromatic heterocycles. The summed E-state index contributed by atoms with van der Waals surface area (Å²) in [6.45, 7) is 4.22. The highest BCUT2D eigenvalue weighted by molar-refractivity contribution is 7.92. The fraction of sp³-hybridized carbons (Fsp3) is 0.375. The zero-order valence-electron chi connectivity index (χ0n) is 24.6. The van der Waals surface area contributed by atoms with Crippen molar-refractivity contribution in [3.8, 4) is 5.75 Å². The Kier molecular flexibility index (Phi) is 12.2. The zero-order chi connectivity index (χ0) is 30.7. The van der Waals surface area contributed by atoms with Gasteiger partial charge in [-0.1, -0.05) is 67.1 Å². The van der Waals surface area contributed by atoms with Crippen molar-refractivity contribution in [3.63, 3.8) is 0 Å². The van der Waals surface area contributed by atoms with Crippen LogP contribution in [-0.2, 0) is 32.6 Å². The highest BCUT2D eigenvalue weighted by Crippen LogP contribution is 2.24. The van der Waals surface area contributed by atoms with Crippen LogP contribution in [0.25, 0.3) is 0 Å². The van der Waals surface area contributed by atoms with Gasteiger partial charge >= 0.3 is 0 Å². The van der Waals surface area contributed by atoms with E-state index in [2.05, 4.69) is 5.32 Å². The SMILES string of the molecule is CC[C@@H](C)NC(=O)[C@H](Cc1ccccc1)N(Cc1ccc(Cl)cc1)C(=O)CCCN(c1cccc(OC)c1)S(C)(=O)=O. The second-order valence-corrected chi connectivity index (χ2v) is 12.7. The van der Waals surface area contributed by atoms with E-state index in [4.69, 9.17) is 16.3 Å². The normalized spacial score (nSPS) is 12.7. The standard InChI is InChI=1S/C32H40ClN3O5S/c1-5-24(2)34-32(38)30(21-25-11-7-6-8-12-25)35(23-26-16-18-27(33)19-17-26)31(37)15-10-20-36(42(4,39)40)28-13-9-14-29(22-28)41-3/h6-9,11-14,16-19,22,24,30H,5,10,15,20-21,23H2,1-4H3,(H,34,38)/t24-,30+/m1/s1. The van der Waals surface area contributed by atoms with Gasteiger partial charge in [-0.2, -0.15) is 0 Å². The van der Waals surface area contributed by atoms with E-state index in [0.29, 0.717) is 22.9 Å². The minimum absolute atomic E-state index is 0.0471. The number of anilines is 1. The summed E-state index contributed by atoms with van der Waals surface area (Å²) >= 11 is 6.10. The van der Waals surface area contributed by atoms with E-state index in [1.807, 2.05) is 56.3 Å². The van der Waals surface area contributed by atoms with Crippen LogP contribution in [0.5, 0.6) is 5.75 Å². The Labute approximate surface area is 254 Å². The summed E-state index contributed by atoms with van der Waals surface area (Å²) < 4.78 is 31.9. The van der Waals surface area contributed by atoms with Crippen LogP contribution in [0, 0.1) is 0 Å². The van der Waals surface area contributed by atoms with Crippen molar-refractivity contribution in [2.45, 2.75) is 58.2 Å². The molecule has 10 heteroatoms. The first-order valence-electron chi connectivity index (χ1n) is 14.0. The molecule has 0 fully saturated rings. The summed E-state index contributed by atoms with van der Waals surface area (Å²) in [5.74, 6) is 0.0522. The molecule has 8 nitrogen and oxygen atoms in total. The van der Waals surface area contributed by atoms with E-state index in [0.717, 1.165) is 23.8 Å². The predicted molar refractivity (Wildman–Crippen MR) is 168 cm³/mol. The van der Waals surface area contributed by atoms with Crippen LogP contribution in [-0.4, -0.2) is 57.1 Å². The van der Waals surface area contributed by atoms with E-state index in [1.165, 1.54) is 11.4 Å². The first-order chi connectivity index (χ1) is 20.0. The Bertz CT molecular complexity index is 1420. The molecular weight excluding hydrogens is 574 g/mol. The summed E-state index contributed by atoms with van der Waals surface area (Å²) in [7, 11) is -2.11. The zero-order valence-corrected chi connectivity index (χ0v) is 26.2. The van der Waals surface area contributed by atoms with Crippen LogP contribution < -0.4 is 14.4 Å². The van der Waals surface area contributed by atoms with Crippen molar-refractivity contribution in [2.75, 3.05) is 24.2 Å². The van der Waals surface area contributed by atoms with Crippen molar-refractivity contribution < 1.29 is 22.7 Å². The molecule has 2 atom stereocenters. The minimum Gasteiger partial charge on any atom is -0.497 e. The lowest BCUT2D eigenvalue weighted by atomic mass is 10.0. The Morgan fingerprint density at radius 2 is 1.67 bits per heavy atom. The van der Waals surface area contributed by atoms with Crippen molar-refractivity contribution in [1.29, 1.82) is 0 Å². The first-order valence-corrected chi connectivity index (χ1v) is 16.2. The number of nitrogens with zero attached hydrogens (tertiary/aromatic N) is 2. The van der Waals surface area contributed by atoms with Crippen LogP contribution in [0.2, 0.25) is 5.02 Å². The number of sulfonamides is 1. The summed E-state index contributed by atoms with van der Waals surface area (Å²) in [5.41, 5.74) is 2.21. The second-order valence-electron chi connectivity index (χ2n) is 10.3. The maximum absolute atomic E-state index is 13.9. The lowest BCUT2D eigenvalue weighted by Crippen LogP contribution is -2.52. The molecule has 42 heavy (non-hydrogen) atoms. The number of hydrogen-bond acceptors (Lipinski definition) is 5. The van der Waals surface area contributed by atoms with Gasteiger partial charge in [-0.05, 0) is 55.2 Å². The van der Waals surface area contributed by atoms with Gasteiger partial charge in [-0.25, -0.2) is 8.42 Å². The second kappa shape index (κ2) is 15.6. The van der Waals surface area contributed by atoms with Crippen molar-refractivity contribution in [1.82, 2.24) is 10.2 Å². The third-order valence-corrected chi connectivity index (χ3v) is 8.48. The molecule has 0 aliphatic rings. The Morgan fingerprint density at radius 3 is 2.29 bits per heavy atom. The molecule has 0 radical (unpaired) electrons. The largest absolute Gasteiger partial charge is 0.497 e. The molecule has 0 aliphatic heterocycles. The lowest BCUT2D eigenvalue weighted by molar-refractivity contribution is -0.141. The van der Waals surface area contributed by atoms with Crippen LogP contribution in [0.1, 0.15) is 44.2 Å². The maximum Gasteiger partial charge on any atom is 0.243 e. The fourth-order valence-corrected chi connectivity index (χ4v) is 5.63. The summed E-state index contributed by atoms with van der Waals surface area (Å²) in [4.78, 5) is 29.1. The van der Waals surface area contributed by atoms with E-state index in [9.17, 15) is 18.0 Å². The fourth-order valence-electron chi connectivity index (χ4n) is 4.55. The van der Waals surface area contributed by atoms with E-state index >= 15 is 0 Å². The number of amides is 2. The molecule has 226 valence electrons. The van der Waals surface area contributed by atoms with Gasteiger partial charge in [0.2, 0.25) is 21.8 Å². The third-order valence-electron chi connectivity index (χ3n) is 7.03. The summed E-state index contributed by atoms with van der Waals surface area (Å²) in [6.07, 6.45) is 2.52. The summed E-state index contributed by atoms with van der Waals surface area (Å²) in [5, 5.41) is 3.63. The molecule has 0 saturated carbocycles. The van der Waals surface area contributed by atoms with Crippen molar-refractivity contribution >= 4 is 39.1 Å². The number of carbonyl (C=O) groups is 2. The van der Waals surface area contributed by atoms with Gasteiger partial charge in [-0.3, -0.25) is 13.9 Å². The molecule has 0 bridgehead atoms. The number of carbonyl (C=O) groups excluding carboxylic acids is 2. The molecule has 1 N–H and O–H groups in total. The maximum atomic E-state index is 13.9. The van der Waals surface area contributed by atoms with Crippen molar-refractivity contribution in [3.05, 3.63) is 95.0 Å². The van der Waals surface area contributed by atoms with Gasteiger partial charge in [0.15, 0.2) is 0 Å². The highest BCUT2D eigenvalue weighted by Gasteiger charge is 2.31. The smallest absolute Gasteiger partial charge is 0.243 e. The molecular formula is C32H40ClN3O5S. The topological polar surface area (TPSA) is 96.0 Å². The molecule has 0 heterocycles. The van der Waals surface area contributed by atoms with E-state index in [1.54, 1.807) is 41.3 Å². The molecule has 0 aliphatic carbocycles. The van der Waals surface area contributed by atoms with Gasteiger partial charge in [0.25, 0.3) is 0 Å². The van der Waals surface area contributed by atoms with Gasteiger partial charge in [0.1, 0.15) is 11.8 Å². The number of methoxy groups -OCH3 is 1. The molecule has 0 spiro atoms. The number of nitrogens with one attached hydrogen (secondary N) is 1. The summed E-state index contributed by atoms with van der Waals surface area (Å²) in [6, 6.07) is 22.7.